The zero-order valence-corrected chi connectivity index (χ0v) is 12.6. The number of methoxy groups -OCH3 is 1. The van der Waals surface area contributed by atoms with E-state index in [1.807, 2.05) is 0 Å². The summed E-state index contributed by atoms with van der Waals surface area (Å²) in [4.78, 5) is 0. The molecule has 1 fully saturated rings. The summed E-state index contributed by atoms with van der Waals surface area (Å²) in [5.74, 6) is 1.08. The van der Waals surface area contributed by atoms with Crippen LogP contribution in [0.1, 0.15) is 44.6 Å². The van der Waals surface area contributed by atoms with Gasteiger partial charge in [-0.15, -0.1) is 0 Å². The third-order valence-electron chi connectivity index (χ3n) is 4.06. The first-order valence-electron chi connectivity index (χ1n) is 7.21. The van der Waals surface area contributed by atoms with Gasteiger partial charge in [-0.1, -0.05) is 52.3 Å². The minimum atomic E-state index is 0.145. The van der Waals surface area contributed by atoms with E-state index >= 15 is 0 Å². The summed E-state index contributed by atoms with van der Waals surface area (Å²) in [5, 5.41) is 0. The van der Waals surface area contributed by atoms with Gasteiger partial charge in [0.25, 0.3) is 0 Å². The fraction of sp³-hybridized carbons (Fsp3) is 0.625. The second-order valence-corrected chi connectivity index (χ2v) is 8.02. The fourth-order valence-corrected chi connectivity index (χ4v) is 5.79. The molecule has 0 aliphatic heterocycles. The average molecular weight is 264 g/mol. The molecule has 0 aromatic heterocycles. The normalized spacial score (nSPS) is 18.6. The summed E-state index contributed by atoms with van der Waals surface area (Å²) in [6.45, 7) is 2.37. The third-order valence-corrected chi connectivity index (χ3v) is 7.17. The Labute approximate surface area is 113 Å². The molecule has 1 atom stereocenters. The molecule has 1 saturated carbocycles. The Morgan fingerprint density at radius 3 is 2.56 bits per heavy atom. The highest BCUT2D eigenvalue weighted by molar-refractivity contribution is 7.57. The number of ether oxygens (including phenoxy) is 1. The van der Waals surface area contributed by atoms with Gasteiger partial charge in [-0.05, 0) is 42.5 Å². The van der Waals surface area contributed by atoms with Crippen molar-refractivity contribution in [3.8, 4) is 5.75 Å². The predicted molar refractivity (Wildman–Crippen MR) is 81.0 cm³/mol. The van der Waals surface area contributed by atoms with Crippen LogP contribution in [0.3, 0.4) is 0 Å². The van der Waals surface area contributed by atoms with E-state index in [9.17, 15) is 0 Å². The van der Waals surface area contributed by atoms with Crippen LogP contribution in [0, 0.1) is 0 Å². The molecule has 18 heavy (non-hydrogen) atoms. The molecule has 1 unspecified atom stereocenters. The number of benzene rings is 1. The lowest BCUT2D eigenvalue weighted by molar-refractivity contribution is 0.411. The van der Waals surface area contributed by atoms with Crippen molar-refractivity contribution in [3.05, 3.63) is 29.8 Å². The highest BCUT2D eigenvalue weighted by atomic mass is 31.1. The second-order valence-electron chi connectivity index (χ2n) is 5.17. The van der Waals surface area contributed by atoms with Crippen molar-refractivity contribution < 1.29 is 4.74 Å². The minimum Gasteiger partial charge on any atom is -0.496 e. The summed E-state index contributed by atoms with van der Waals surface area (Å²) in [6, 6.07) is 8.55. The number of hydrogen-bond acceptors (Lipinski definition) is 1. The molecule has 0 spiro atoms. The molecule has 2 rings (SSSR count). The van der Waals surface area contributed by atoms with Crippen LogP contribution in [0.15, 0.2) is 24.3 Å². The maximum Gasteiger partial charge on any atom is 0.122 e. The SMILES string of the molecule is CCP(Cc1ccccc1OC)C1CCCCC1. The first-order valence-corrected chi connectivity index (χ1v) is 8.99. The zero-order valence-electron chi connectivity index (χ0n) is 11.7. The molecule has 0 bridgehead atoms. The van der Waals surface area contributed by atoms with E-state index in [0.29, 0.717) is 0 Å². The largest absolute Gasteiger partial charge is 0.496 e. The number of rotatable bonds is 5. The van der Waals surface area contributed by atoms with Crippen LogP contribution in [0.4, 0.5) is 0 Å². The quantitative estimate of drug-likeness (QED) is 0.678. The lowest BCUT2D eigenvalue weighted by atomic mass is 10.0. The van der Waals surface area contributed by atoms with E-state index in [0.717, 1.165) is 11.4 Å². The van der Waals surface area contributed by atoms with Crippen LogP contribution in [-0.2, 0) is 6.16 Å². The molecule has 100 valence electrons. The Morgan fingerprint density at radius 2 is 1.89 bits per heavy atom. The lowest BCUT2D eigenvalue weighted by Gasteiger charge is -2.30. The van der Waals surface area contributed by atoms with Crippen molar-refractivity contribution in [1.29, 1.82) is 0 Å². The molecule has 0 saturated heterocycles. The third kappa shape index (κ3) is 3.48. The molecule has 0 N–H and O–H groups in total. The average Bonchev–Trinajstić information content (AvgIpc) is 2.46. The first-order chi connectivity index (χ1) is 8.85. The van der Waals surface area contributed by atoms with Crippen molar-refractivity contribution in [2.75, 3.05) is 13.3 Å². The summed E-state index contributed by atoms with van der Waals surface area (Å²) in [7, 11) is 1.93. The van der Waals surface area contributed by atoms with Gasteiger partial charge in [-0.25, -0.2) is 0 Å². The first kappa shape index (κ1) is 13.9. The van der Waals surface area contributed by atoms with Crippen LogP contribution in [0.2, 0.25) is 0 Å². The fourth-order valence-electron chi connectivity index (χ4n) is 3.00. The van der Waals surface area contributed by atoms with Crippen LogP contribution in [0.5, 0.6) is 5.75 Å². The van der Waals surface area contributed by atoms with Gasteiger partial charge in [0.15, 0.2) is 0 Å². The molecule has 1 aromatic rings. The van der Waals surface area contributed by atoms with Gasteiger partial charge in [0.05, 0.1) is 7.11 Å². The van der Waals surface area contributed by atoms with Crippen LogP contribution in [0.25, 0.3) is 0 Å². The Bertz CT molecular complexity index is 358. The standard InChI is InChI=1S/C16H25OP/c1-3-18(15-10-5-4-6-11-15)13-14-9-7-8-12-16(14)17-2/h7-9,12,15H,3-6,10-11,13H2,1-2H3. The van der Waals surface area contributed by atoms with Crippen LogP contribution < -0.4 is 4.74 Å². The number of para-hydroxylation sites is 1. The van der Waals surface area contributed by atoms with Gasteiger partial charge in [-0.3, -0.25) is 0 Å². The summed E-state index contributed by atoms with van der Waals surface area (Å²) >= 11 is 0. The van der Waals surface area contributed by atoms with Gasteiger partial charge in [0.2, 0.25) is 0 Å². The Balaban J connectivity index is 2.04. The molecule has 0 amide bonds. The van der Waals surface area contributed by atoms with Gasteiger partial charge < -0.3 is 4.74 Å². The van der Waals surface area contributed by atoms with Crippen molar-refractivity contribution in [1.82, 2.24) is 0 Å². The van der Waals surface area contributed by atoms with Crippen molar-refractivity contribution in [3.63, 3.8) is 0 Å². The van der Waals surface area contributed by atoms with Gasteiger partial charge in [-0.2, -0.15) is 0 Å². The van der Waals surface area contributed by atoms with E-state index < -0.39 is 0 Å². The van der Waals surface area contributed by atoms with E-state index in [-0.39, 0.29) is 7.92 Å². The van der Waals surface area contributed by atoms with Crippen LogP contribution >= 0.6 is 7.92 Å². The van der Waals surface area contributed by atoms with Crippen LogP contribution in [-0.4, -0.2) is 18.9 Å². The maximum atomic E-state index is 5.49. The molecule has 0 heterocycles. The smallest absolute Gasteiger partial charge is 0.122 e. The highest BCUT2D eigenvalue weighted by Gasteiger charge is 2.22. The van der Waals surface area contributed by atoms with Gasteiger partial charge in [0, 0.05) is 0 Å². The van der Waals surface area contributed by atoms with Gasteiger partial charge >= 0.3 is 0 Å². The van der Waals surface area contributed by atoms with Crippen molar-refractivity contribution in [2.24, 2.45) is 0 Å². The second kappa shape index (κ2) is 7.14. The Kier molecular flexibility index (Phi) is 5.50. The summed E-state index contributed by atoms with van der Waals surface area (Å²) < 4.78 is 5.49. The van der Waals surface area contributed by atoms with E-state index in [4.69, 9.17) is 4.74 Å². The van der Waals surface area contributed by atoms with Gasteiger partial charge in [0.1, 0.15) is 5.75 Å². The van der Waals surface area contributed by atoms with E-state index in [1.165, 1.54) is 50.0 Å². The molecule has 1 aliphatic carbocycles. The topological polar surface area (TPSA) is 9.23 Å². The molecule has 2 heteroatoms. The molecule has 1 nitrogen and oxygen atoms in total. The maximum absolute atomic E-state index is 5.49. The molecular formula is C16H25OP. The minimum absolute atomic E-state index is 0.145. The molecule has 1 aromatic carbocycles. The summed E-state index contributed by atoms with van der Waals surface area (Å²) in [6.07, 6.45) is 9.91. The Hall–Kier alpha value is -0.550. The zero-order chi connectivity index (χ0) is 12.8. The Morgan fingerprint density at radius 1 is 1.17 bits per heavy atom. The monoisotopic (exact) mass is 264 g/mol. The van der Waals surface area contributed by atoms with E-state index in [1.54, 1.807) is 7.11 Å². The number of hydrogen-bond donors (Lipinski definition) is 0. The lowest BCUT2D eigenvalue weighted by Crippen LogP contribution is -2.12. The highest BCUT2D eigenvalue weighted by Crippen LogP contribution is 2.50. The molecular weight excluding hydrogens is 239 g/mol. The van der Waals surface area contributed by atoms with Crippen molar-refractivity contribution >= 4 is 7.92 Å². The molecule has 0 radical (unpaired) electrons. The summed E-state index contributed by atoms with van der Waals surface area (Å²) in [5.41, 5.74) is 2.42. The van der Waals surface area contributed by atoms with Crippen molar-refractivity contribution in [2.45, 2.75) is 50.8 Å². The van der Waals surface area contributed by atoms with E-state index in [2.05, 4.69) is 31.2 Å². The predicted octanol–water partition coefficient (Wildman–Crippen LogP) is 5.03. The molecule has 1 aliphatic rings.